The number of rotatable bonds is 6. The van der Waals surface area contributed by atoms with Gasteiger partial charge in [0.1, 0.15) is 27.1 Å². The molecule has 27 heavy (non-hydrogen) atoms. The van der Waals surface area contributed by atoms with Gasteiger partial charge in [-0.1, -0.05) is 13.8 Å². The third-order valence-corrected chi connectivity index (χ3v) is 5.84. The van der Waals surface area contributed by atoms with Crippen LogP contribution in [0.5, 0.6) is 5.75 Å². The van der Waals surface area contributed by atoms with Gasteiger partial charge in [0.2, 0.25) is 0 Å². The van der Waals surface area contributed by atoms with E-state index in [1.807, 2.05) is 6.92 Å². The first kappa shape index (κ1) is 19.4. The molecule has 1 aromatic carbocycles. The van der Waals surface area contributed by atoms with Crippen molar-refractivity contribution in [2.75, 3.05) is 0 Å². The number of aromatic hydroxyl groups is 1. The molecular weight excluding hydrogens is 389 g/mol. The Morgan fingerprint density at radius 1 is 1.33 bits per heavy atom. The molecule has 0 aliphatic rings. The van der Waals surface area contributed by atoms with E-state index in [1.54, 1.807) is 5.38 Å². The van der Waals surface area contributed by atoms with E-state index in [2.05, 4.69) is 29.1 Å². The van der Waals surface area contributed by atoms with Crippen LogP contribution in [0.1, 0.15) is 34.9 Å². The van der Waals surface area contributed by atoms with E-state index >= 15 is 0 Å². The maximum absolute atomic E-state index is 14.3. The molecule has 0 fully saturated rings. The predicted molar refractivity (Wildman–Crippen MR) is 104 cm³/mol. The molecule has 0 aliphatic heterocycles. The Labute approximate surface area is 163 Å². The largest absolute Gasteiger partial charge is 0.507 e. The van der Waals surface area contributed by atoms with Crippen molar-refractivity contribution in [1.29, 1.82) is 0 Å². The van der Waals surface area contributed by atoms with Crippen LogP contribution in [0.25, 0.3) is 21.1 Å². The number of halogens is 1. The molecule has 0 bridgehead atoms. The molecule has 6 nitrogen and oxygen atoms in total. The highest BCUT2D eigenvalue weighted by Gasteiger charge is 2.19. The number of carboxylic acids is 1. The topological polar surface area (TPSA) is 95.3 Å². The molecule has 0 atom stereocenters. The summed E-state index contributed by atoms with van der Waals surface area (Å²) in [4.78, 5) is 20.9. The van der Waals surface area contributed by atoms with Crippen molar-refractivity contribution in [3.63, 3.8) is 0 Å². The molecular formula is C18H18FN3O3S2. The molecule has 3 rings (SSSR count). The molecule has 3 aromatic rings. The van der Waals surface area contributed by atoms with E-state index in [0.717, 1.165) is 27.7 Å². The summed E-state index contributed by atoms with van der Waals surface area (Å²) in [5, 5.41) is 25.2. The molecule has 0 unspecified atom stereocenters. The number of carbonyl (C=O) groups is 1. The van der Waals surface area contributed by atoms with Crippen LogP contribution in [0.15, 0.2) is 17.5 Å². The zero-order valence-corrected chi connectivity index (χ0v) is 16.5. The summed E-state index contributed by atoms with van der Waals surface area (Å²) in [5.41, 5.74) is 1.12. The Hall–Kier alpha value is -2.36. The maximum Gasteiger partial charge on any atom is 0.339 e. The van der Waals surface area contributed by atoms with E-state index in [0.29, 0.717) is 23.3 Å². The van der Waals surface area contributed by atoms with Crippen molar-refractivity contribution in [3.8, 4) is 26.9 Å². The summed E-state index contributed by atoms with van der Waals surface area (Å²) >= 11 is 2.75. The van der Waals surface area contributed by atoms with Gasteiger partial charge in [-0.3, -0.25) is 0 Å². The Morgan fingerprint density at radius 3 is 2.74 bits per heavy atom. The lowest BCUT2D eigenvalue weighted by atomic mass is 10.1. The molecule has 0 saturated carbocycles. The van der Waals surface area contributed by atoms with Gasteiger partial charge in [0, 0.05) is 23.5 Å². The van der Waals surface area contributed by atoms with E-state index in [-0.39, 0.29) is 5.56 Å². The van der Waals surface area contributed by atoms with Crippen molar-refractivity contribution in [2.45, 2.75) is 33.4 Å². The second kappa shape index (κ2) is 7.71. The summed E-state index contributed by atoms with van der Waals surface area (Å²) < 4.78 is 14.3. The van der Waals surface area contributed by atoms with Gasteiger partial charge in [-0.2, -0.15) is 0 Å². The number of thiazole rings is 2. The second-order valence-electron chi connectivity index (χ2n) is 6.25. The van der Waals surface area contributed by atoms with Crippen molar-refractivity contribution >= 4 is 28.6 Å². The maximum atomic E-state index is 14.3. The first-order valence-corrected chi connectivity index (χ1v) is 9.87. The summed E-state index contributed by atoms with van der Waals surface area (Å²) in [7, 11) is 0. The Bertz CT molecular complexity index is 998. The van der Waals surface area contributed by atoms with Crippen LogP contribution in [0.3, 0.4) is 0 Å². The van der Waals surface area contributed by atoms with Gasteiger partial charge in [0.15, 0.2) is 0 Å². The quantitative estimate of drug-likeness (QED) is 0.564. The summed E-state index contributed by atoms with van der Waals surface area (Å²) in [5.74, 6) is -2.62. The third kappa shape index (κ3) is 4.15. The first-order valence-electron chi connectivity index (χ1n) is 8.18. The number of nitrogens with zero attached hydrogens (tertiary/aromatic N) is 2. The standard InChI is InChI=1S/C18H18FN3O3S2/c1-8(2)20-6-15-21-9(3)16(27-15)13-7-26-17(22-13)10-5-14(23)11(18(24)25)4-12(10)19/h4-5,7-8,20,23H,6H2,1-3H3,(H,24,25). The van der Waals surface area contributed by atoms with Crippen LogP contribution < -0.4 is 5.32 Å². The molecule has 0 aliphatic carbocycles. The summed E-state index contributed by atoms with van der Waals surface area (Å²) in [6, 6.07) is 2.26. The van der Waals surface area contributed by atoms with Crippen molar-refractivity contribution < 1.29 is 19.4 Å². The number of nitrogens with one attached hydrogen (secondary N) is 1. The molecule has 0 saturated heterocycles. The number of hydrogen-bond acceptors (Lipinski definition) is 7. The fraction of sp³-hybridized carbons (Fsp3) is 0.278. The fourth-order valence-corrected chi connectivity index (χ4v) is 4.33. The van der Waals surface area contributed by atoms with Gasteiger partial charge in [-0.25, -0.2) is 19.2 Å². The SMILES string of the molecule is Cc1nc(CNC(C)C)sc1-c1csc(-c2cc(O)c(C(=O)O)cc2F)n1. The highest BCUT2D eigenvalue weighted by atomic mass is 32.1. The molecule has 3 N–H and O–H groups in total. The van der Waals surface area contributed by atoms with Crippen molar-refractivity contribution in [2.24, 2.45) is 0 Å². The highest BCUT2D eigenvalue weighted by molar-refractivity contribution is 7.16. The van der Waals surface area contributed by atoms with Crippen LogP contribution in [0, 0.1) is 12.7 Å². The van der Waals surface area contributed by atoms with Gasteiger partial charge in [0.25, 0.3) is 0 Å². The normalized spacial score (nSPS) is 11.3. The number of aromatic nitrogens is 2. The van der Waals surface area contributed by atoms with Crippen LogP contribution >= 0.6 is 22.7 Å². The lowest BCUT2D eigenvalue weighted by Crippen LogP contribution is -2.21. The Kier molecular flexibility index (Phi) is 5.54. The zero-order chi connectivity index (χ0) is 19.7. The number of aryl methyl sites for hydroxylation is 1. The Balaban J connectivity index is 1.92. The minimum absolute atomic E-state index is 0.0672. The molecule has 9 heteroatoms. The number of aromatic carboxylic acids is 1. The van der Waals surface area contributed by atoms with E-state index < -0.39 is 23.1 Å². The third-order valence-electron chi connectivity index (χ3n) is 3.79. The lowest BCUT2D eigenvalue weighted by Gasteiger charge is -2.04. The zero-order valence-electron chi connectivity index (χ0n) is 14.9. The average Bonchev–Trinajstić information content (AvgIpc) is 3.21. The minimum Gasteiger partial charge on any atom is -0.507 e. The molecule has 142 valence electrons. The molecule has 2 heterocycles. The van der Waals surface area contributed by atoms with E-state index in [4.69, 9.17) is 5.11 Å². The highest BCUT2D eigenvalue weighted by Crippen LogP contribution is 2.36. The van der Waals surface area contributed by atoms with Crippen molar-refractivity contribution in [1.82, 2.24) is 15.3 Å². The number of phenols is 1. The fourth-order valence-electron chi connectivity index (χ4n) is 2.46. The lowest BCUT2D eigenvalue weighted by molar-refractivity contribution is 0.0693. The number of carboxylic acid groups (broad SMARTS) is 1. The first-order chi connectivity index (χ1) is 12.8. The van der Waals surface area contributed by atoms with Gasteiger partial charge >= 0.3 is 5.97 Å². The van der Waals surface area contributed by atoms with E-state index in [1.165, 1.54) is 22.7 Å². The van der Waals surface area contributed by atoms with Crippen molar-refractivity contribution in [3.05, 3.63) is 39.6 Å². The molecule has 2 aromatic heterocycles. The smallest absolute Gasteiger partial charge is 0.339 e. The molecule has 0 amide bonds. The molecule has 0 spiro atoms. The second-order valence-corrected chi connectivity index (χ2v) is 8.19. The van der Waals surface area contributed by atoms with Gasteiger partial charge in [-0.05, 0) is 19.1 Å². The summed E-state index contributed by atoms with van der Waals surface area (Å²) in [6.07, 6.45) is 0. The number of hydrogen-bond donors (Lipinski definition) is 3. The van der Waals surface area contributed by atoms with Gasteiger partial charge < -0.3 is 15.5 Å². The van der Waals surface area contributed by atoms with E-state index in [9.17, 15) is 14.3 Å². The van der Waals surface area contributed by atoms with Gasteiger partial charge in [-0.15, -0.1) is 22.7 Å². The van der Waals surface area contributed by atoms with Crippen LogP contribution in [0.4, 0.5) is 4.39 Å². The monoisotopic (exact) mass is 407 g/mol. The van der Waals surface area contributed by atoms with Crippen LogP contribution in [0.2, 0.25) is 0 Å². The van der Waals surface area contributed by atoms with Crippen LogP contribution in [-0.4, -0.2) is 32.2 Å². The average molecular weight is 407 g/mol. The molecule has 0 radical (unpaired) electrons. The Morgan fingerprint density at radius 2 is 2.07 bits per heavy atom. The number of benzene rings is 1. The predicted octanol–water partition coefficient (Wildman–Crippen LogP) is 4.28. The van der Waals surface area contributed by atoms with Gasteiger partial charge in [0.05, 0.1) is 16.3 Å². The van der Waals surface area contributed by atoms with Crippen LogP contribution in [-0.2, 0) is 6.54 Å². The minimum atomic E-state index is -1.39. The summed E-state index contributed by atoms with van der Waals surface area (Å²) in [6.45, 7) is 6.69.